The van der Waals surface area contributed by atoms with Gasteiger partial charge in [0.25, 0.3) is 15.9 Å². The van der Waals surface area contributed by atoms with Crippen LogP contribution in [-0.2, 0) is 16.6 Å². The summed E-state index contributed by atoms with van der Waals surface area (Å²) in [6, 6.07) is 18.4. The molecule has 0 unspecified atom stereocenters. The second-order valence-corrected chi connectivity index (χ2v) is 10.1. The Morgan fingerprint density at radius 2 is 1.61 bits per heavy atom. The van der Waals surface area contributed by atoms with E-state index in [1.807, 2.05) is 23.1 Å². The standard InChI is InChI=1S/C22H24N4O3S2/c1-17-20(30-22(23-17)24-31(28,29)19-10-6-3-7-11-19)21(27)26-14-12-25(13-15-26)16-18-8-4-2-5-9-18/h2-11H,12-16H2,1H3,(H,23,24). The predicted molar refractivity (Wildman–Crippen MR) is 122 cm³/mol. The molecule has 0 radical (unpaired) electrons. The van der Waals surface area contributed by atoms with Crippen LogP contribution in [0.4, 0.5) is 5.13 Å². The maximum atomic E-state index is 13.0. The van der Waals surface area contributed by atoms with Gasteiger partial charge in [0.1, 0.15) is 4.88 Å². The molecule has 0 atom stereocenters. The first-order chi connectivity index (χ1) is 14.9. The highest BCUT2D eigenvalue weighted by Gasteiger charge is 2.26. The molecule has 1 aliphatic heterocycles. The van der Waals surface area contributed by atoms with Crippen LogP contribution in [0, 0.1) is 6.92 Å². The molecule has 7 nitrogen and oxygen atoms in total. The Labute approximate surface area is 186 Å². The number of amides is 1. The molecule has 1 N–H and O–H groups in total. The minimum absolute atomic E-state index is 0.0977. The molecule has 4 rings (SSSR count). The summed E-state index contributed by atoms with van der Waals surface area (Å²) in [5.74, 6) is -0.0977. The number of nitrogens with zero attached hydrogens (tertiary/aromatic N) is 3. The Hall–Kier alpha value is -2.75. The Kier molecular flexibility index (Phi) is 6.35. The Morgan fingerprint density at radius 3 is 2.26 bits per heavy atom. The molecule has 0 saturated carbocycles. The molecule has 31 heavy (non-hydrogen) atoms. The van der Waals surface area contributed by atoms with Crippen molar-refractivity contribution in [1.82, 2.24) is 14.8 Å². The average Bonchev–Trinajstić information content (AvgIpc) is 3.14. The topological polar surface area (TPSA) is 82.6 Å². The van der Waals surface area contributed by atoms with Gasteiger partial charge < -0.3 is 4.90 Å². The quantitative estimate of drug-likeness (QED) is 0.616. The number of hydrogen-bond acceptors (Lipinski definition) is 6. The van der Waals surface area contributed by atoms with E-state index in [2.05, 4.69) is 26.7 Å². The van der Waals surface area contributed by atoms with E-state index >= 15 is 0 Å². The molecular formula is C22H24N4O3S2. The molecule has 2 aromatic carbocycles. The Morgan fingerprint density at radius 1 is 1.00 bits per heavy atom. The van der Waals surface area contributed by atoms with Crippen molar-refractivity contribution in [3.05, 3.63) is 76.8 Å². The smallest absolute Gasteiger partial charge is 0.266 e. The molecule has 0 aliphatic carbocycles. The number of aromatic nitrogens is 1. The van der Waals surface area contributed by atoms with Crippen molar-refractivity contribution in [2.45, 2.75) is 18.4 Å². The fraction of sp³-hybridized carbons (Fsp3) is 0.273. The lowest BCUT2D eigenvalue weighted by molar-refractivity contribution is 0.0632. The number of benzene rings is 2. The number of thiazole rings is 1. The van der Waals surface area contributed by atoms with Crippen LogP contribution in [0.2, 0.25) is 0 Å². The van der Waals surface area contributed by atoms with E-state index in [0.29, 0.717) is 23.7 Å². The van der Waals surface area contributed by atoms with Gasteiger partial charge in [-0.1, -0.05) is 59.9 Å². The van der Waals surface area contributed by atoms with Crippen LogP contribution in [0.1, 0.15) is 20.9 Å². The second kappa shape index (κ2) is 9.17. The van der Waals surface area contributed by atoms with Crippen LogP contribution in [0.3, 0.4) is 0 Å². The van der Waals surface area contributed by atoms with E-state index in [1.54, 1.807) is 25.1 Å². The van der Waals surface area contributed by atoms with Crippen LogP contribution < -0.4 is 4.72 Å². The lowest BCUT2D eigenvalue weighted by Crippen LogP contribution is -2.48. The van der Waals surface area contributed by atoms with Gasteiger partial charge in [-0.2, -0.15) is 0 Å². The molecule has 0 bridgehead atoms. The lowest BCUT2D eigenvalue weighted by Gasteiger charge is -2.34. The van der Waals surface area contributed by atoms with Crippen LogP contribution >= 0.6 is 11.3 Å². The molecule has 9 heteroatoms. The summed E-state index contributed by atoms with van der Waals surface area (Å²) >= 11 is 1.08. The van der Waals surface area contributed by atoms with Crippen LogP contribution in [-0.4, -0.2) is 55.3 Å². The first-order valence-corrected chi connectivity index (χ1v) is 12.3. The van der Waals surface area contributed by atoms with Crippen molar-refractivity contribution in [1.29, 1.82) is 0 Å². The number of nitrogens with one attached hydrogen (secondary N) is 1. The van der Waals surface area contributed by atoms with E-state index in [-0.39, 0.29) is 15.9 Å². The number of carbonyl (C=O) groups excluding carboxylic acids is 1. The van der Waals surface area contributed by atoms with Crippen molar-refractivity contribution < 1.29 is 13.2 Å². The minimum atomic E-state index is -3.74. The predicted octanol–water partition coefficient (Wildman–Crippen LogP) is 3.21. The minimum Gasteiger partial charge on any atom is -0.335 e. The van der Waals surface area contributed by atoms with E-state index in [1.165, 1.54) is 17.7 Å². The number of carbonyl (C=O) groups is 1. The summed E-state index contributed by atoms with van der Waals surface area (Å²) < 4.78 is 27.6. The number of aryl methyl sites for hydroxylation is 1. The molecule has 3 aromatic rings. The number of anilines is 1. The molecule has 0 spiro atoms. The van der Waals surface area contributed by atoms with E-state index in [0.717, 1.165) is 31.0 Å². The van der Waals surface area contributed by atoms with Gasteiger partial charge in [-0.15, -0.1) is 0 Å². The molecule has 1 aromatic heterocycles. The number of hydrogen-bond donors (Lipinski definition) is 1. The monoisotopic (exact) mass is 456 g/mol. The fourth-order valence-electron chi connectivity index (χ4n) is 3.51. The summed E-state index contributed by atoms with van der Waals surface area (Å²) in [4.78, 5) is 22.1. The maximum absolute atomic E-state index is 13.0. The van der Waals surface area contributed by atoms with Gasteiger partial charge in [0, 0.05) is 32.7 Å². The highest BCUT2D eigenvalue weighted by Crippen LogP contribution is 2.27. The van der Waals surface area contributed by atoms with Crippen molar-refractivity contribution >= 4 is 32.4 Å². The zero-order valence-electron chi connectivity index (χ0n) is 17.2. The van der Waals surface area contributed by atoms with Gasteiger partial charge in [0.2, 0.25) is 0 Å². The number of piperazine rings is 1. The van der Waals surface area contributed by atoms with Gasteiger partial charge in [-0.25, -0.2) is 13.4 Å². The third-order valence-corrected chi connectivity index (χ3v) is 7.72. The molecule has 1 saturated heterocycles. The van der Waals surface area contributed by atoms with Crippen molar-refractivity contribution in [2.75, 3.05) is 30.9 Å². The van der Waals surface area contributed by atoms with Gasteiger partial charge in [-0.3, -0.25) is 14.4 Å². The van der Waals surface area contributed by atoms with Gasteiger partial charge in [-0.05, 0) is 24.6 Å². The third kappa shape index (κ3) is 5.12. The zero-order valence-corrected chi connectivity index (χ0v) is 18.8. The Bertz CT molecular complexity index is 1140. The van der Waals surface area contributed by atoms with Crippen molar-refractivity contribution in [3.63, 3.8) is 0 Å². The molecule has 1 fully saturated rings. The van der Waals surface area contributed by atoms with Crippen molar-refractivity contribution in [3.8, 4) is 0 Å². The van der Waals surface area contributed by atoms with E-state index in [9.17, 15) is 13.2 Å². The summed E-state index contributed by atoms with van der Waals surface area (Å²) in [6.07, 6.45) is 0. The third-order valence-electron chi connectivity index (χ3n) is 5.17. The number of sulfonamides is 1. The fourth-order valence-corrected chi connectivity index (χ4v) is 5.70. The first kappa shape index (κ1) is 21.5. The highest BCUT2D eigenvalue weighted by molar-refractivity contribution is 7.93. The molecule has 1 amide bonds. The summed E-state index contributed by atoms with van der Waals surface area (Å²) in [5, 5.41) is 0.201. The summed E-state index contributed by atoms with van der Waals surface area (Å²) in [6.45, 7) is 5.46. The molecule has 1 aliphatic rings. The van der Waals surface area contributed by atoms with E-state index < -0.39 is 10.0 Å². The second-order valence-electron chi connectivity index (χ2n) is 7.41. The highest BCUT2D eigenvalue weighted by atomic mass is 32.2. The molecule has 162 valence electrons. The largest absolute Gasteiger partial charge is 0.335 e. The average molecular weight is 457 g/mol. The van der Waals surface area contributed by atoms with Gasteiger partial charge >= 0.3 is 0 Å². The molecule has 2 heterocycles. The maximum Gasteiger partial charge on any atom is 0.266 e. The Balaban J connectivity index is 1.39. The SMILES string of the molecule is Cc1nc(NS(=O)(=O)c2ccccc2)sc1C(=O)N1CCN(Cc2ccccc2)CC1. The first-order valence-electron chi connectivity index (χ1n) is 10.0. The van der Waals surface area contributed by atoms with Gasteiger partial charge in [0.15, 0.2) is 5.13 Å². The van der Waals surface area contributed by atoms with Crippen molar-refractivity contribution in [2.24, 2.45) is 0 Å². The van der Waals surface area contributed by atoms with Crippen LogP contribution in [0.25, 0.3) is 0 Å². The van der Waals surface area contributed by atoms with E-state index in [4.69, 9.17) is 0 Å². The van der Waals surface area contributed by atoms with Crippen LogP contribution in [0.5, 0.6) is 0 Å². The lowest BCUT2D eigenvalue weighted by atomic mass is 10.2. The summed E-state index contributed by atoms with van der Waals surface area (Å²) in [5.41, 5.74) is 1.79. The normalized spacial score (nSPS) is 15.1. The van der Waals surface area contributed by atoms with Crippen LogP contribution in [0.15, 0.2) is 65.6 Å². The number of rotatable bonds is 6. The summed E-state index contributed by atoms with van der Waals surface area (Å²) in [7, 11) is -3.74. The zero-order chi connectivity index (χ0) is 21.8. The van der Waals surface area contributed by atoms with Gasteiger partial charge in [0.05, 0.1) is 10.6 Å². The molecular weight excluding hydrogens is 432 g/mol.